The first-order valence-electron chi connectivity index (χ1n) is 8.64. The van der Waals surface area contributed by atoms with Crippen molar-refractivity contribution in [3.8, 4) is 5.75 Å². The third-order valence-electron chi connectivity index (χ3n) is 4.45. The maximum absolute atomic E-state index is 12.2. The van der Waals surface area contributed by atoms with Crippen LogP contribution in [0.3, 0.4) is 0 Å². The van der Waals surface area contributed by atoms with E-state index in [0.717, 1.165) is 13.1 Å². The second kappa shape index (κ2) is 9.22. The molecule has 2 aromatic rings. The van der Waals surface area contributed by atoms with Crippen molar-refractivity contribution in [1.82, 2.24) is 10.2 Å². The number of nitrogens with zero attached hydrogens (tertiary/aromatic N) is 1. The Bertz CT molecular complexity index is 672. The third-order valence-corrected chi connectivity index (χ3v) is 5.46. The van der Waals surface area contributed by atoms with Crippen molar-refractivity contribution in [3.63, 3.8) is 0 Å². The van der Waals surface area contributed by atoms with Crippen LogP contribution in [-0.4, -0.2) is 37.0 Å². The minimum Gasteiger partial charge on any atom is -0.482 e. The van der Waals surface area contributed by atoms with Gasteiger partial charge in [-0.1, -0.05) is 30.2 Å². The Morgan fingerprint density at radius 2 is 2.04 bits per heavy atom. The van der Waals surface area contributed by atoms with Gasteiger partial charge in [0.05, 0.1) is 11.1 Å². The first-order valence-corrected chi connectivity index (χ1v) is 9.96. The molecule has 0 aliphatic carbocycles. The summed E-state index contributed by atoms with van der Waals surface area (Å²) in [7, 11) is 0. The Morgan fingerprint density at radius 3 is 2.76 bits per heavy atom. The maximum Gasteiger partial charge on any atom is 0.258 e. The summed E-state index contributed by atoms with van der Waals surface area (Å²) < 4.78 is 5.51. The molecule has 1 saturated heterocycles. The molecule has 1 aromatic carbocycles. The van der Waals surface area contributed by atoms with Crippen molar-refractivity contribution < 1.29 is 9.53 Å². The Hall–Kier alpha value is -1.56. The fraction of sp³-hybridized carbons (Fsp3) is 0.421. The number of nitrogens with one attached hydrogen (secondary N) is 1. The van der Waals surface area contributed by atoms with E-state index in [1.54, 1.807) is 23.5 Å². The molecule has 1 fully saturated rings. The molecule has 1 N–H and O–H groups in total. The summed E-state index contributed by atoms with van der Waals surface area (Å²) in [5.74, 6) is 0.405. The van der Waals surface area contributed by atoms with E-state index in [1.165, 1.54) is 24.8 Å². The lowest BCUT2D eigenvalue weighted by molar-refractivity contribution is -0.123. The van der Waals surface area contributed by atoms with Crippen LogP contribution >= 0.6 is 22.9 Å². The lowest BCUT2D eigenvalue weighted by atomic mass is 10.0. The average Bonchev–Trinajstić information content (AvgIpc) is 3.16. The van der Waals surface area contributed by atoms with E-state index in [9.17, 15) is 4.79 Å². The van der Waals surface area contributed by atoms with Gasteiger partial charge in [0, 0.05) is 6.54 Å². The van der Waals surface area contributed by atoms with Crippen LogP contribution in [0.4, 0.5) is 0 Å². The number of hydrogen-bond donors (Lipinski definition) is 1. The Morgan fingerprint density at radius 1 is 1.24 bits per heavy atom. The highest BCUT2D eigenvalue weighted by Gasteiger charge is 2.23. The predicted molar refractivity (Wildman–Crippen MR) is 102 cm³/mol. The van der Waals surface area contributed by atoms with Crippen LogP contribution in [0, 0.1) is 0 Å². The molecule has 25 heavy (non-hydrogen) atoms. The molecule has 1 atom stereocenters. The van der Waals surface area contributed by atoms with Crippen LogP contribution in [-0.2, 0) is 4.79 Å². The number of piperidine rings is 1. The van der Waals surface area contributed by atoms with Gasteiger partial charge in [-0.25, -0.2) is 0 Å². The number of thiophene rings is 1. The van der Waals surface area contributed by atoms with E-state index < -0.39 is 0 Å². The molecule has 134 valence electrons. The fourth-order valence-electron chi connectivity index (χ4n) is 3.12. The quantitative estimate of drug-likeness (QED) is 0.787. The largest absolute Gasteiger partial charge is 0.482 e. The highest BCUT2D eigenvalue weighted by atomic mass is 35.5. The zero-order valence-corrected chi connectivity index (χ0v) is 15.7. The summed E-state index contributed by atoms with van der Waals surface area (Å²) in [5.41, 5.74) is 1.28. The summed E-state index contributed by atoms with van der Waals surface area (Å²) in [4.78, 5) is 14.7. The molecule has 0 bridgehead atoms. The van der Waals surface area contributed by atoms with Crippen molar-refractivity contribution in [1.29, 1.82) is 0 Å². The van der Waals surface area contributed by atoms with Crippen LogP contribution in [0.25, 0.3) is 0 Å². The van der Waals surface area contributed by atoms with Gasteiger partial charge in [0.1, 0.15) is 5.75 Å². The van der Waals surface area contributed by atoms with Gasteiger partial charge in [0.25, 0.3) is 5.91 Å². The molecule has 1 aliphatic rings. The molecule has 4 nitrogen and oxygen atoms in total. The minimum absolute atomic E-state index is 0.0277. The number of carbonyl (C=O) groups is 1. The van der Waals surface area contributed by atoms with E-state index in [2.05, 4.69) is 27.0 Å². The van der Waals surface area contributed by atoms with Crippen LogP contribution in [0.15, 0.2) is 41.1 Å². The molecular formula is C19H23ClN2O2S. The van der Waals surface area contributed by atoms with E-state index in [0.29, 0.717) is 17.3 Å². The summed E-state index contributed by atoms with van der Waals surface area (Å²) in [6.07, 6.45) is 3.75. The van der Waals surface area contributed by atoms with Crippen molar-refractivity contribution in [3.05, 3.63) is 51.7 Å². The zero-order valence-electron chi connectivity index (χ0n) is 14.1. The highest BCUT2D eigenvalue weighted by Crippen LogP contribution is 2.26. The summed E-state index contributed by atoms with van der Waals surface area (Å²) in [5, 5.41) is 7.79. The van der Waals surface area contributed by atoms with Gasteiger partial charge < -0.3 is 10.1 Å². The van der Waals surface area contributed by atoms with E-state index in [4.69, 9.17) is 16.3 Å². The van der Waals surface area contributed by atoms with Crippen LogP contribution in [0.2, 0.25) is 5.02 Å². The number of amides is 1. The van der Waals surface area contributed by atoms with Crippen molar-refractivity contribution in [2.75, 3.05) is 26.2 Å². The lowest BCUT2D eigenvalue weighted by Crippen LogP contribution is -2.41. The number of ether oxygens (including phenoxy) is 1. The second-order valence-corrected chi connectivity index (χ2v) is 7.38. The van der Waals surface area contributed by atoms with E-state index >= 15 is 0 Å². The first-order chi connectivity index (χ1) is 12.2. The minimum atomic E-state index is -0.128. The predicted octanol–water partition coefficient (Wildman–Crippen LogP) is 4.12. The molecule has 0 spiro atoms. The first kappa shape index (κ1) is 18.2. The normalized spacial score (nSPS) is 16.4. The number of para-hydroxylation sites is 1. The smallest absolute Gasteiger partial charge is 0.258 e. The number of carbonyl (C=O) groups excluding carboxylic acids is 1. The van der Waals surface area contributed by atoms with Crippen LogP contribution in [0.1, 0.15) is 30.9 Å². The lowest BCUT2D eigenvalue weighted by Gasteiger charge is -2.34. The van der Waals surface area contributed by atoms with Gasteiger partial charge in [-0.3, -0.25) is 9.69 Å². The third kappa shape index (κ3) is 5.21. The molecule has 0 saturated carbocycles. The van der Waals surface area contributed by atoms with Gasteiger partial charge in [-0.15, -0.1) is 0 Å². The van der Waals surface area contributed by atoms with Crippen LogP contribution in [0.5, 0.6) is 5.75 Å². The molecule has 2 heterocycles. The zero-order chi connectivity index (χ0) is 17.5. The Kier molecular flexibility index (Phi) is 6.73. The summed E-state index contributed by atoms with van der Waals surface area (Å²) in [6.45, 7) is 2.75. The number of likely N-dealkylation sites (tertiary alicyclic amines) is 1. The van der Waals surface area contributed by atoms with E-state index in [-0.39, 0.29) is 18.6 Å². The SMILES string of the molecule is O=C(COc1ccccc1Cl)NCC(c1ccsc1)N1CCCCC1. The standard InChI is InChI=1S/C19H23ClN2O2S/c20-16-6-2-3-7-18(16)24-13-19(23)21-12-17(15-8-11-25-14-15)22-9-4-1-5-10-22/h2-3,6-8,11,14,17H,1,4-5,9-10,12-13H2,(H,21,23). The Balaban J connectivity index is 1.53. The van der Waals surface area contributed by atoms with Crippen LogP contribution < -0.4 is 10.1 Å². The molecule has 6 heteroatoms. The second-order valence-electron chi connectivity index (χ2n) is 6.19. The molecule has 1 aromatic heterocycles. The van der Waals surface area contributed by atoms with Crippen molar-refractivity contribution in [2.45, 2.75) is 25.3 Å². The molecular weight excluding hydrogens is 356 g/mol. The number of benzene rings is 1. The molecule has 1 aliphatic heterocycles. The van der Waals surface area contributed by atoms with E-state index in [1.807, 2.05) is 12.1 Å². The molecule has 0 radical (unpaired) electrons. The monoisotopic (exact) mass is 378 g/mol. The summed E-state index contributed by atoms with van der Waals surface area (Å²) >= 11 is 7.74. The van der Waals surface area contributed by atoms with Crippen molar-refractivity contribution in [2.24, 2.45) is 0 Å². The van der Waals surface area contributed by atoms with Gasteiger partial charge in [-0.2, -0.15) is 11.3 Å². The number of halogens is 1. The number of rotatable bonds is 7. The van der Waals surface area contributed by atoms with Crippen molar-refractivity contribution >= 4 is 28.8 Å². The molecule has 1 unspecified atom stereocenters. The fourth-order valence-corrected chi connectivity index (χ4v) is 4.02. The van der Waals surface area contributed by atoms with Gasteiger partial charge in [0.2, 0.25) is 0 Å². The Labute approximate surface area is 157 Å². The average molecular weight is 379 g/mol. The summed E-state index contributed by atoms with van der Waals surface area (Å²) in [6, 6.07) is 9.56. The number of hydrogen-bond acceptors (Lipinski definition) is 4. The van der Waals surface area contributed by atoms with Gasteiger partial charge >= 0.3 is 0 Å². The molecule has 1 amide bonds. The molecule has 3 rings (SSSR count). The van der Waals surface area contributed by atoms with Gasteiger partial charge in [-0.05, 0) is 60.5 Å². The van der Waals surface area contributed by atoms with Gasteiger partial charge in [0.15, 0.2) is 6.61 Å². The maximum atomic E-state index is 12.2. The highest BCUT2D eigenvalue weighted by molar-refractivity contribution is 7.07. The topological polar surface area (TPSA) is 41.6 Å².